The van der Waals surface area contributed by atoms with Gasteiger partial charge in [-0.05, 0) is 24.3 Å². The lowest BCUT2D eigenvalue weighted by Gasteiger charge is -2.07. The van der Waals surface area contributed by atoms with Gasteiger partial charge in [0.05, 0.1) is 29.2 Å². The molecule has 2 rings (SSSR count). The predicted molar refractivity (Wildman–Crippen MR) is 79.0 cm³/mol. The van der Waals surface area contributed by atoms with Crippen LogP contribution in [0.15, 0.2) is 46.2 Å². The lowest BCUT2D eigenvalue weighted by Crippen LogP contribution is -2.39. The monoisotopic (exact) mass is 359 g/mol. The average Bonchev–Trinajstić information content (AvgIpc) is 3.04. The Labute approximate surface area is 138 Å². The molecule has 128 valence electrons. The molecule has 0 spiro atoms. The van der Waals surface area contributed by atoms with Crippen LogP contribution in [0.4, 0.5) is 18.0 Å². The number of pyridine rings is 1. The van der Waals surface area contributed by atoms with E-state index in [1.165, 1.54) is 6.26 Å². The van der Waals surface area contributed by atoms with Gasteiger partial charge in [-0.25, -0.2) is 9.78 Å². The van der Waals surface area contributed by atoms with Gasteiger partial charge in [0.1, 0.15) is 5.76 Å². The molecule has 3 amide bonds. The molecule has 0 radical (unpaired) electrons. The highest BCUT2D eigenvalue weighted by atomic mass is 32.2. The van der Waals surface area contributed by atoms with Gasteiger partial charge in [-0.2, -0.15) is 13.2 Å². The SMILES string of the molecule is O=C(CSc1ccc(C(F)(F)F)cn1)NC(=O)NCc1ccco1. The Kier molecular flexibility index (Phi) is 5.85. The molecule has 0 unspecified atom stereocenters. The fraction of sp³-hybridized carbons (Fsp3) is 0.214. The summed E-state index contributed by atoms with van der Waals surface area (Å²) in [5.74, 6) is -0.230. The van der Waals surface area contributed by atoms with E-state index >= 15 is 0 Å². The van der Waals surface area contributed by atoms with Crippen molar-refractivity contribution in [3.8, 4) is 0 Å². The number of rotatable bonds is 5. The molecule has 2 heterocycles. The summed E-state index contributed by atoms with van der Waals surface area (Å²) in [4.78, 5) is 26.7. The summed E-state index contributed by atoms with van der Waals surface area (Å²) < 4.78 is 42.2. The lowest BCUT2D eigenvalue weighted by atomic mass is 10.3. The van der Waals surface area contributed by atoms with Gasteiger partial charge in [-0.3, -0.25) is 10.1 Å². The van der Waals surface area contributed by atoms with Crippen LogP contribution in [0.25, 0.3) is 0 Å². The quantitative estimate of drug-likeness (QED) is 0.802. The molecule has 24 heavy (non-hydrogen) atoms. The number of urea groups is 1. The van der Waals surface area contributed by atoms with E-state index < -0.39 is 23.7 Å². The van der Waals surface area contributed by atoms with Crippen molar-refractivity contribution in [3.05, 3.63) is 48.0 Å². The molecule has 0 saturated carbocycles. The van der Waals surface area contributed by atoms with Gasteiger partial charge in [-0.15, -0.1) is 0 Å². The number of furan rings is 1. The van der Waals surface area contributed by atoms with E-state index in [0.29, 0.717) is 12.0 Å². The summed E-state index contributed by atoms with van der Waals surface area (Å²) in [7, 11) is 0. The van der Waals surface area contributed by atoms with Crippen molar-refractivity contribution >= 4 is 23.7 Å². The molecule has 2 N–H and O–H groups in total. The highest BCUT2D eigenvalue weighted by Gasteiger charge is 2.30. The van der Waals surface area contributed by atoms with E-state index in [9.17, 15) is 22.8 Å². The summed E-state index contributed by atoms with van der Waals surface area (Å²) in [5, 5.41) is 4.76. The Balaban J connectivity index is 1.73. The van der Waals surface area contributed by atoms with Crippen molar-refractivity contribution in [2.45, 2.75) is 17.7 Å². The van der Waals surface area contributed by atoms with Crippen molar-refractivity contribution in [3.63, 3.8) is 0 Å². The number of halogens is 3. The molecule has 0 bridgehead atoms. The highest BCUT2D eigenvalue weighted by molar-refractivity contribution is 7.99. The second kappa shape index (κ2) is 7.86. The van der Waals surface area contributed by atoms with Crippen LogP contribution in [0.5, 0.6) is 0 Å². The normalized spacial score (nSPS) is 11.1. The number of nitrogens with zero attached hydrogens (tertiary/aromatic N) is 1. The summed E-state index contributed by atoms with van der Waals surface area (Å²) in [6.07, 6.45) is -2.32. The maximum atomic E-state index is 12.4. The van der Waals surface area contributed by atoms with Crippen molar-refractivity contribution in [2.75, 3.05) is 5.75 Å². The van der Waals surface area contributed by atoms with E-state index in [1.54, 1.807) is 12.1 Å². The van der Waals surface area contributed by atoms with Crippen LogP contribution in [0.1, 0.15) is 11.3 Å². The standard InChI is InChI=1S/C14H12F3N3O3S/c15-14(16,17)9-3-4-12(18-6-9)24-8-11(21)20-13(22)19-7-10-2-1-5-23-10/h1-6H,7-8H2,(H2,19,20,21,22). The minimum absolute atomic E-state index is 0.125. The van der Waals surface area contributed by atoms with Gasteiger partial charge >= 0.3 is 12.2 Å². The van der Waals surface area contributed by atoms with Crippen LogP contribution >= 0.6 is 11.8 Å². The third kappa shape index (κ3) is 5.61. The molecule has 0 saturated heterocycles. The average molecular weight is 359 g/mol. The van der Waals surface area contributed by atoms with Gasteiger partial charge in [0.2, 0.25) is 5.91 Å². The maximum absolute atomic E-state index is 12.4. The number of thioether (sulfide) groups is 1. The van der Waals surface area contributed by atoms with E-state index in [1.807, 2.05) is 0 Å². The molecule has 0 aliphatic carbocycles. The summed E-state index contributed by atoms with van der Waals surface area (Å²) in [6, 6.07) is 4.67. The molecule has 0 aromatic carbocycles. The van der Waals surface area contributed by atoms with Crippen molar-refractivity contribution in [1.82, 2.24) is 15.6 Å². The van der Waals surface area contributed by atoms with E-state index in [0.717, 1.165) is 23.9 Å². The van der Waals surface area contributed by atoms with E-state index in [4.69, 9.17) is 4.42 Å². The Morgan fingerprint density at radius 3 is 2.62 bits per heavy atom. The first-order valence-electron chi connectivity index (χ1n) is 6.60. The van der Waals surface area contributed by atoms with Crippen LogP contribution in [-0.4, -0.2) is 22.7 Å². The minimum atomic E-state index is -4.46. The van der Waals surface area contributed by atoms with E-state index in [-0.39, 0.29) is 17.3 Å². The van der Waals surface area contributed by atoms with Gasteiger partial charge in [0.25, 0.3) is 0 Å². The zero-order valence-corrected chi connectivity index (χ0v) is 12.9. The largest absolute Gasteiger partial charge is 0.467 e. The zero-order valence-electron chi connectivity index (χ0n) is 12.1. The van der Waals surface area contributed by atoms with E-state index in [2.05, 4.69) is 15.6 Å². The number of hydrogen-bond donors (Lipinski definition) is 2. The molecule has 0 aliphatic rings. The zero-order chi connectivity index (χ0) is 17.6. The minimum Gasteiger partial charge on any atom is -0.467 e. The predicted octanol–water partition coefficient (Wildman–Crippen LogP) is 2.81. The van der Waals surface area contributed by atoms with Gasteiger partial charge in [0, 0.05) is 6.20 Å². The number of nitrogens with one attached hydrogen (secondary N) is 2. The molecule has 2 aromatic rings. The summed E-state index contributed by atoms with van der Waals surface area (Å²) in [5.41, 5.74) is -0.867. The second-order valence-corrected chi connectivity index (χ2v) is 5.48. The Morgan fingerprint density at radius 2 is 2.04 bits per heavy atom. The van der Waals surface area contributed by atoms with Crippen LogP contribution in [-0.2, 0) is 17.5 Å². The molecule has 0 fully saturated rings. The first-order valence-corrected chi connectivity index (χ1v) is 7.59. The van der Waals surface area contributed by atoms with Gasteiger partial charge < -0.3 is 9.73 Å². The lowest BCUT2D eigenvalue weighted by molar-refractivity contribution is -0.137. The molecule has 0 aliphatic heterocycles. The van der Waals surface area contributed by atoms with Crippen LogP contribution in [0.3, 0.4) is 0 Å². The maximum Gasteiger partial charge on any atom is 0.417 e. The molecule has 10 heteroatoms. The second-order valence-electron chi connectivity index (χ2n) is 4.48. The topological polar surface area (TPSA) is 84.2 Å². The number of amides is 3. The third-order valence-electron chi connectivity index (χ3n) is 2.67. The number of alkyl halides is 3. The number of aromatic nitrogens is 1. The third-order valence-corrected chi connectivity index (χ3v) is 3.61. The molecular weight excluding hydrogens is 347 g/mol. The molecule has 6 nitrogen and oxygen atoms in total. The van der Waals surface area contributed by atoms with Crippen molar-refractivity contribution in [1.29, 1.82) is 0 Å². The number of carbonyl (C=O) groups is 2. The van der Waals surface area contributed by atoms with Crippen molar-refractivity contribution < 1.29 is 27.2 Å². The Bertz CT molecular complexity index is 688. The number of carbonyl (C=O) groups excluding carboxylic acids is 2. The Hall–Kier alpha value is -2.49. The van der Waals surface area contributed by atoms with Crippen LogP contribution in [0.2, 0.25) is 0 Å². The summed E-state index contributed by atoms with van der Waals surface area (Å²) in [6.45, 7) is 0.125. The van der Waals surface area contributed by atoms with Crippen LogP contribution in [0, 0.1) is 0 Å². The van der Waals surface area contributed by atoms with Gasteiger partial charge in [0.15, 0.2) is 0 Å². The smallest absolute Gasteiger partial charge is 0.417 e. The number of imide groups is 1. The van der Waals surface area contributed by atoms with Gasteiger partial charge in [-0.1, -0.05) is 11.8 Å². The van der Waals surface area contributed by atoms with Crippen LogP contribution < -0.4 is 10.6 Å². The number of hydrogen-bond acceptors (Lipinski definition) is 5. The fourth-order valence-electron chi connectivity index (χ4n) is 1.56. The highest BCUT2D eigenvalue weighted by Crippen LogP contribution is 2.29. The first kappa shape index (κ1) is 17.9. The van der Waals surface area contributed by atoms with Crippen molar-refractivity contribution in [2.24, 2.45) is 0 Å². The summed E-state index contributed by atoms with van der Waals surface area (Å²) >= 11 is 0.917. The molecular formula is C14H12F3N3O3S. The Morgan fingerprint density at radius 1 is 1.25 bits per heavy atom. The first-order chi connectivity index (χ1) is 11.3. The fourth-order valence-corrected chi connectivity index (χ4v) is 2.20. The molecule has 0 atom stereocenters. The molecule has 2 aromatic heterocycles.